The molecule has 2 aromatic rings. The molecule has 0 radical (unpaired) electrons. The Labute approximate surface area is 168 Å². The maximum absolute atomic E-state index is 12.1. The van der Waals surface area contributed by atoms with E-state index in [0.717, 1.165) is 30.9 Å². The number of rotatable bonds is 7. The predicted octanol–water partition coefficient (Wildman–Crippen LogP) is 0.249. The second-order valence-electron chi connectivity index (χ2n) is 6.58. The SMILES string of the molecule is CCOC(=O)CNC(=O)Cn1nc(N2CCN(c3ccccc3)CC2)ccc1=O. The number of piperazine rings is 1. The van der Waals surface area contributed by atoms with Gasteiger partial charge in [0.15, 0.2) is 0 Å². The van der Waals surface area contributed by atoms with Gasteiger partial charge < -0.3 is 19.9 Å². The number of carbonyl (C=O) groups excluding carboxylic acids is 2. The molecule has 0 spiro atoms. The van der Waals surface area contributed by atoms with Crippen LogP contribution in [0.1, 0.15) is 6.92 Å². The fourth-order valence-electron chi connectivity index (χ4n) is 3.13. The fraction of sp³-hybridized carbons (Fsp3) is 0.400. The average Bonchev–Trinajstić information content (AvgIpc) is 2.75. The maximum atomic E-state index is 12.1. The Morgan fingerprint density at radius 2 is 1.72 bits per heavy atom. The number of benzene rings is 1. The quantitative estimate of drug-likeness (QED) is 0.667. The largest absolute Gasteiger partial charge is 0.465 e. The Balaban J connectivity index is 1.58. The first kappa shape index (κ1) is 20.4. The predicted molar refractivity (Wildman–Crippen MR) is 109 cm³/mol. The molecule has 3 rings (SSSR count). The summed E-state index contributed by atoms with van der Waals surface area (Å²) in [5.74, 6) is -0.347. The van der Waals surface area contributed by atoms with Crippen LogP contribution in [0.25, 0.3) is 0 Å². The molecular formula is C20H25N5O4. The second-order valence-corrected chi connectivity index (χ2v) is 6.58. The Morgan fingerprint density at radius 1 is 1.03 bits per heavy atom. The summed E-state index contributed by atoms with van der Waals surface area (Å²) in [5, 5.41) is 6.76. The van der Waals surface area contributed by atoms with Crippen LogP contribution in [0.3, 0.4) is 0 Å². The van der Waals surface area contributed by atoms with Crippen LogP contribution in [-0.4, -0.2) is 61.0 Å². The summed E-state index contributed by atoms with van der Waals surface area (Å²) in [6.45, 7) is 4.64. The van der Waals surface area contributed by atoms with Gasteiger partial charge in [-0.2, -0.15) is 5.10 Å². The molecule has 29 heavy (non-hydrogen) atoms. The number of esters is 1. The van der Waals surface area contributed by atoms with Crippen LogP contribution < -0.4 is 20.7 Å². The molecule has 1 amide bonds. The molecule has 0 atom stereocenters. The second kappa shape index (κ2) is 9.72. The van der Waals surface area contributed by atoms with Crippen LogP contribution in [0.5, 0.6) is 0 Å². The van der Waals surface area contributed by atoms with Crippen molar-refractivity contribution in [3.05, 3.63) is 52.8 Å². The van der Waals surface area contributed by atoms with E-state index < -0.39 is 11.9 Å². The lowest BCUT2D eigenvalue weighted by Gasteiger charge is -2.36. The molecule has 0 unspecified atom stereocenters. The van der Waals surface area contributed by atoms with Gasteiger partial charge in [0, 0.05) is 37.9 Å². The number of nitrogens with one attached hydrogen (secondary N) is 1. The third-order valence-electron chi connectivity index (χ3n) is 4.61. The number of amides is 1. The lowest BCUT2D eigenvalue weighted by atomic mass is 10.2. The van der Waals surface area contributed by atoms with Crippen LogP contribution in [0.4, 0.5) is 11.5 Å². The molecule has 9 nitrogen and oxygen atoms in total. The third kappa shape index (κ3) is 5.56. The number of anilines is 2. The van der Waals surface area contributed by atoms with Gasteiger partial charge in [0.05, 0.1) is 6.61 Å². The lowest BCUT2D eigenvalue weighted by Crippen LogP contribution is -2.47. The van der Waals surface area contributed by atoms with Crippen molar-refractivity contribution in [1.29, 1.82) is 0 Å². The summed E-state index contributed by atoms with van der Waals surface area (Å²) in [6, 6.07) is 13.3. The summed E-state index contributed by atoms with van der Waals surface area (Å²) in [7, 11) is 0. The highest BCUT2D eigenvalue weighted by molar-refractivity contribution is 5.81. The molecular weight excluding hydrogens is 374 g/mol. The molecule has 2 heterocycles. The van der Waals surface area contributed by atoms with Gasteiger partial charge in [-0.15, -0.1) is 0 Å². The summed E-state index contributed by atoms with van der Waals surface area (Å²) in [4.78, 5) is 39.8. The minimum Gasteiger partial charge on any atom is -0.465 e. The van der Waals surface area contributed by atoms with Crippen molar-refractivity contribution in [2.75, 3.05) is 49.1 Å². The first-order chi connectivity index (χ1) is 14.1. The summed E-state index contributed by atoms with van der Waals surface area (Å²) in [5.41, 5.74) is 0.811. The zero-order chi connectivity index (χ0) is 20.6. The Hall–Kier alpha value is -3.36. The number of hydrogen-bond donors (Lipinski definition) is 1. The first-order valence-corrected chi connectivity index (χ1v) is 9.62. The molecule has 1 N–H and O–H groups in total. The van der Waals surface area contributed by atoms with E-state index in [0.29, 0.717) is 5.82 Å². The van der Waals surface area contributed by atoms with E-state index in [4.69, 9.17) is 4.74 Å². The van der Waals surface area contributed by atoms with Crippen molar-refractivity contribution < 1.29 is 14.3 Å². The summed E-state index contributed by atoms with van der Waals surface area (Å²) in [6.07, 6.45) is 0. The van der Waals surface area contributed by atoms with Crippen LogP contribution in [0, 0.1) is 0 Å². The van der Waals surface area contributed by atoms with Gasteiger partial charge in [0.2, 0.25) is 5.91 Å². The summed E-state index contributed by atoms with van der Waals surface area (Å²) >= 11 is 0. The Kier molecular flexibility index (Phi) is 6.83. The van der Waals surface area contributed by atoms with E-state index in [9.17, 15) is 14.4 Å². The monoisotopic (exact) mass is 399 g/mol. The fourth-order valence-corrected chi connectivity index (χ4v) is 3.13. The number of aromatic nitrogens is 2. The highest BCUT2D eigenvalue weighted by atomic mass is 16.5. The van der Waals surface area contributed by atoms with Gasteiger partial charge in [-0.25, -0.2) is 4.68 Å². The molecule has 1 aliphatic heterocycles. The molecule has 1 fully saturated rings. The Bertz CT molecular complexity index is 891. The van der Waals surface area contributed by atoms with Crippen molar-refractivity contribution in [2.24, 2.45) is 0 Å². The highest BCUT2D eigenvalue weighted by Crippen LogP contribution is 2.18. The van der Waals surface area contributed by atoms with Crippen LogP contribution in [-0.2, 0) is 20.9 Å². The van der Waals surface area contributed by atoms with Gasteiger partial charge >= 0.3 is 5.97 Å². The van der Waals surface area contributed by atoms with E-state index in [1.807, 2.05) is 18.2 Å². The molecule has 1 aromatic heterocycles. The van der Waals surface area contributed by atoms with Crippen molar-refractivity contribution >= 4 is 23.4 Å². The molecule has 154 valence electrons. The van der Waals surface area contributed by atoms with E-state index >= 15 is 0 Å². The first-order valence-electron chi connectivity index (χ1n) is 9.62. The normalized spacial score (nSPS) is 13.8. The minimum atomic E-state index is -0.522. The molecule has 0 saturated carbocycles. The molecule has 9 heteroatoms. The van der Waals surface area contributed by atoms with Crippen LogP contribution in [0.15, 0.2) is 47.3 Å². The van der Waals surface area contributed by atoms with Gasteiger partial charge in [-0.05, 0) is 25.1 Å². The van der Waals surface area contributed by atoms with E-state index in [2.05, 4.69) is 32.3 Å². The highest BCUT2D eigenvalue weighted by Gasteiger charge is 2.19. The van der Waals surface area contributed by atoms with Crippen molar-refractivity contribution in [2.45, 2.75) is 13.5 Å². The standard InChI is InChI=1S/C20H25N5O4/c1-2-29-20(28)14-21-18(26)15-25-19(27)9-8-17(22-25)24-12-10-23(11-13-24)16-6-4-3-5-7-16/h3-9H,2,10-15H2,1H3,(H,21,26). The van der Waals surface area contributed by atoms with Gasteiger partial charge in [0.25, 0.3) is 5.56 Å². The third-order valence-corrected chi connectivity index (χ3v) is 4.61. The minimum absolute atomic E-state index is 0.234. The van der Waals surface area contributed by atoms with E-state index in [1.54, 1.807) is 13.0 Å². The molecule has 0 bridgehead atoms. The zero-order valence-electron chi connectivity index (χ0n) is 16.4. The molecule has 1 saturated heterocycles. The average molecular weight is 399 g/mol. The molecule has 1 aromatic carbocycles. The van der Waals surface area contributed by atoms with Crippen molar-refractivity contribution in [3.8, 4) is 0 Å². The molecule has 1 aliphatic rings. The number of para-hydroxylation sites is 1. The molecule has 0 aliphatic carbocycles. The number of nitrogens with zero attached hydrogens (tertiary/aromatic N) is 4. The van der Waals surface area contributed by atoms with E-state index in [1.165, 1.54) is 11.8 Å². The van der Waals surface area contributed by atoms with Crippen LogP contribution >= 0.6 is 0 Å². The number of hydrogen-bond acceptors (Lipinski definition) is 7. The zero-order valence-corrected chi connectivity index (χ0v) is 16.4. The summed E-state index contributed by atoms with van der Waals surface area (Å²) < 4.78 is 5.87. The van der Waals surface area contributed by atoms with Crippen LogP contribution in [0.2, 0.25) is 0 Å². The topological polar surface area (TPSA) is 96.8 Å². The Morgan fingerprint density at radius 3 is 2.41 bits per heavy atom. The van der Waals surface area contributed by atoms with Gasteiger partial charge in [-0.1, -0.05) is 18.2 Å². The van der Waals surface area contributed by atoms with Gasteiger partial charge in [0.1, 0.15) is 18.9 Å². The maximum Gasteiger partial charge on any atom is 0.325 e. The van der Waals surface area contributed by atoms with E-state index in [-0.39, 0.29) is 25.3 Å². The van der Waals surface area contributed by atoms with Crippen molar-refractivity contribution in [3.63, 3.8) is 0 Å². The lowest BCUT2D eigenvalue weighted by molar-refractivity contribution is -0.143. The number of ether oxygens (including phenoxy) is 1. The smallest absolute Gasteiger partial charge is 0.325 e. The van der Waals surface area contributed by atoms with Gasteiger partial charge in [-0.3, -0.25) is 14.4 Å². The van der Waals surface area contributed by atoms with Crippen molar-refractivity contribution in [1.82, 2.24) is 15.1 Å². The number of carbonyl (C=O) groups is 2.